The van der Waals surface area contributed by atoms with Crippen molar-refractivity contribution in [3.63, 3.8) is 0 Å². The van der Waals surface area contributed by atoms with Crippen molar-refractivity contribution in [1.29, 1.82) is 0 Å². The van der Waals surface area contributed by atoms with Crippen LogP contribution in [0.1, 0.15) is 113 Å². The van der Waals surface area contributed by atoms with E-state index in [-0.39, 0.29) is 68.5 Å². The van der Waals surface area contributed by atoms with Gasteiger partial charge >= 0.3 is 18.2 Å². The van der Waals surface area contributed by atoms with Crippen molar-refractivity contribution in [2.24, 2.45) is 0 Å². The van der Waals surface area contributed by atoms with Gasteiger partial charge in [-0.2, -0.15) is 0 Å². The van der Waals surface area contributed by atoms with Crippen molar-refractivity contribution < 1.29 is 62.1 Å². The highest BCUT2D eigenvalue weighted by Gasteiger charge is 2.60. The minimum absolute atomic E-state index is 0.0377. The number of aliphatic hydroxyl groups excluding tert-OH is 1. The highest BCUT2D eigenvalue weighted by Crippen LogP contribution is 2.48. The lowest BCUT2D eigenvalue weighted by Gasteiger charge is -2.27. The Hall–Kier alpha value is -2.27. The molecule has 0 bridgehead atoms. The smallest absolute Gasteiger partial charge is 0.407 e. The van der Waals surface area contributed by atoms with Gasteiger partial charge < -0.3 is 58.4 Å². The number of hydrogen-bond acceptors (Lipinski definition) is 13. The Morgan fingerprint density at radius 1 is 0.686 bits per heavy atom. The van der Waals surface area contributed by atoms with Crippen molar-refractivity contribution in [3.8, 4) is 0 Å². The highest BCUT2D eigenvalue weighted by atomic mass is 16.8. The monoisotopic (exact) mass is 728 g/mol. The lowest BCUT2D eigenvalue weighted by molar-refractivity contribution is -0.190. The molecule has 4 aliphatic carbocycles. The molecule has 0 aromatic rings. The zero-order chi connectivity index (χ0) is 37.0. The molecule has 2 spiro atoms. The fourth-order valence-corrected chi connectivity index (χ4v) is 7.96. The molecule has 6 fully saturated rings. The molecule has 2 saturated heterocycles. The van der Waals surface area contributed by atoms with Crippen molar-refractivity contribution in [2.45, 2.75) is 184 Å². The molecule has 15 nitrogen and oxygen atoms in total. The van der Waals surface area contributed by atoms with Crippen LogP contribution in [0.5, 0.6) is 0 Å². The van der Waals surface area contributed by atoms with Crippen LogP contribution >= 0.6 is 0 Å². The van der Waals surface area contributed by atoms with Gasteiger partial charge in [0.25, 0.3) is 0 Å². The Labute approximate surface area is 301 Å². The van der Waals surface area contributed by atoms with E-state index in [0.717, 1.165) is 51.4 Å². The summed E-state index contributed by atoms with van der Waals surface area (Å²) >= 11 is 0. The van der Waals surface area contributed by atoms with Gasteiger partial charge in [0.1, 0.15) is 42.2 Å². The molecule has 15 heteroatoms. The molecule has 2 heterocycles. The number of ether oxygens (including phenoxy) is 9. The summed E-state index contributed by atoms with van der Waals surface area (Å²) in [5, 5.41) is 14.8. The molecule has 0 unspecified atom stereocenters. The number of nitrogens with one attached hydrogen (secondary N) is 2. The zero-order valence-electron chi connectivity index (χ0n) is 31.4. The summed E-state index contributed by atoms with van der Waals surface area (Å²) in [4.78, 5) is 36.0. The first kappa shape index (κ1) is 39.9. The Morgan fingerprint density at radius 3 is 1.49 bits per heavy atom. The number of carbonyl (C=O) groups is 3. The third-order valence-electron chi connectivity index (χ3n) is 9.83. The molecule has 0 aromatic carbocycles. The molecule has 3 N–H and O–H groups in total. The largest absolute Gasteiger partial charge is 0.464 e. The second kappa shape index (κ2) is 16.4. The Bertz CT molecular complexity index is 1190. The van der Waals surface area contributed by atoms with E-state index in [2.05, 4.69) is 10.6 Å². The fraction of sp³-hybridized carbons (Fsp3) is 0.917. The van der Waals surface area contributed by atoms with Gasteiger partial charge in [-0.1, -0.05) is 0 Å². The van der Waals surface area contributed by atoms with Gasteiger partial charge in [-0.25, -0.2) is 14.4 Å². The van der Waals surface area contributed by atoms with Crippen LogP contribution in [0.4, 0.5) is 9.59 Å². The quantitative estimate of drug-likeness (QED) is 0.229. The van der Waals surface area contributed by atoms with Crippen molar-refractivity contribution in [3.05, 3.63) is 0 Å². The molecule has 6 rings (SSSR count). The molecule has 0 radical (unpaired) electrons. The predicted molar refractivity (Wildman–Crippen MR) is 181 cm³/mol. The van der Waals surface area contributed by atoms with E-state index in [4.69, 9.17) is 47.7 Å². The molecule has 292 valence electrons. The second-order valence-electron chi connectivity index (χ2n) is 16.3. The van der Waals surface area contributed by atoms with E-state index in [0.29, 0.717) is 19.4 Å². The van der Waals surface area contributed by atoms with E-state index in [1.165, 1.54) is 0 Å². The Kier molecular flexibility index (Phi) is 12.8. The summed E-state index contributed by atoms with van der Waals surface area (Å²) < 4.78 is 52.2. The van der Waals surface area contributed by atoms with Crippen LogP contribution in [-0.4, -0.2) is 121 Å². The van der Waals surface area contributed by atoms with Crippen LogP contribution in [0.3, 0.4) is 0 Å². The Morgan fingerprint density at radius 2 is 1.10 bits per heavy atom. The summed E-state index contributed by atoms with van der Waals surface area (Å²) in [5.74, 6) is -1.52. The van der Waals surface area contributed by atoms with Gasteiger partial charge in [0.05, 0.1) is 44.1 Å². The van der Waals surface area contributed by atoms with Crippen LogP contribution in [0.25, 0.3) is 0 Å². The molecule has 2 amide bonds. The average Bonchev–Trinajstić information content (AvgIpc) is 3.87. The van der Waals surface area contributed by atoms with Gasteiger partial charge in [0.15, 0.2) is 11.6 Å². The van der Waals surface area contributed by atoms with E-state index in [9.17, 15) is 14.4 Å². The number of rotatable bonds is 9. The van der Waals surface area contributed by atoms with E-state index in [1.54, 1.807) is 6.92 Å². The summed E-state index contributed by atoms with van der Waals surface area (Å²) in [6.07, 6.45) is 6.22. The van der Waals surface area contributed by atoms with Gasteiger partial charge in [-0.15, -0.1) is 0 Å². The summed E-state index contributed by atoms with van der Waals surface area (Å²) in [7, 11) is 0. The minimum Gasteiger partial charge on any atom is -0.464 e. The molecular weight excluding hydrogens is 668 g/mol. The third-order valence-corrected chi connectivity index (χ3v) is 9.83. The second-order valence-corrected chi connectivity index (χ2v) is 16.3. The number of esters is 1. The SMILES string of the molecule is CC(C)(C)OC(=O)N[C@@H]1C[C@H](OCCO)[C@H]2OC3(CCCC3)O[C@H]21.CCOC(=O)CO[C@H]1C[C@@H](NC(=O)OC(C)(C)C)[C@@H]2OC3(CCCC3)O[C@@H]21. The lowest BCUT2D eigenvalue weighted by Crippen LogP contribution is -2.45. The fourth-order valence-electron chi connectivity index (χ4n) is 7.96. The number of amides is 2. The van der Waals surface area contributed by atoms with E-state index >= 15 is 0 Å². The maximum atomic E-state index is 12.2. The van der Waals surface area contributed by atoms with Gasteiger partial charge in [-0.05, 0) is 87.0 Å². The molecular formula is C36H60N2O13. The molecule has 51 heavy (non-hydrogen) atoms. The van der Waals surface area contributed by atoms with Crippen LogP contribution in [-0.2, 0) is 47.4 Å². The first-order valence-electron chi connectivity index (χ1n) is 18.7. The molecule has 0 aromatic heterocycles. The minimum atomic E-state index is -0.588. The number of hydrogen-bond donors (Lipinski definition) is 3. The number of fused-ring (bicyclic) bond motifs is 2. The first-order valence-corrected chi connectivity index (χ1v) is 18.7. The zero-order valence-corrected chi connectivity index (χ0v) is 31.4. The van der Waals surface area contributed by atoms with Crippen LogP contribution in [0.15, 0.2) is 0 Å². The summed E-state index contributed by atoms with van der Waals surface area (Å²) in [6.45, 7) is 13.1. The normalized spacial score (nSPS) is 33.0. The predicted octanol–water partition coefficient (Wildman–Crippen LogP) is 4.00. The molecule has 2 aliphatic heterocycles. The maximum Gasteiger partial charge on any atom is 0.407 e. The molecule has 8 atom stereocenters. The van der Waals surface area contributed by atoms with Crippen LogP contribution in [0.2, 0.25) is 0 Å². The van der Waals surface area contributed by atoms with Crippen molar-refractivity contribution in [2.75, 3.05) is 26.4 Å². The number of carbonyl (C=O) groups excluding carboxylic acids is 3. The summed E-state index contributed by atoms with van der Waals surface area (Å²) in [5.41, 5.74) is -1.13. The van der Waals surface area contributed by atoms with E-state index < -0.39 is 40.9 Å². The summed E-state index contributed by atoms with van der Waals surface area (Å²) in [6, 6.07) is -0.509. The Balaban J connectivity index is 0.000000199. The van der Waals surface area contributed by atoms with Gasteiger partial charge in [-0.3, -0.25) is 0 Å². The van der Waals surface area contributed by atoms with Gasteiger partial charge in [0, 0.05) is 25.7 Å². The lowest BCUT2D eigenvalue weighted by atomic mass is 10.2. The molecule has 4 saturated carbocycles. The highest BCUT2D eigenvalue weighted by molar-refractivity contribution is 5.70. The van der Waals surface area contributed by atoms with Crippen LogP contribution in [0, 0.1) is 0 Å². The first-order chi connectivity index (χ1) is 24.0. The molecule has 6 aliphatic rings. The third kappa shape index (κ3) is 10.5. The van der Waals surface area contributed by atoms with Crippen LogP contribution < -0.4 is 10.6 Å². The van der Waals surface area contributed by atoms with E-state index in [1.807, 2.05) is 41.5 Å². The van der Waals surface area contributed by atoms with Crippen molar-refractivity contribution in [1.82, 2.24) is 10.6 Å². The number of alkyl carbamates (subject to hydrolysis) is 2. The maximum absolute atomic E-state index is 12.2. The average molecular weight is 729 g/mol. The topological polar surface area (TPSA) is 179 Å². The van der Waals surface area contributed by atoms with Gasteiger partial charge in [0.2, 0.25) is 0 Å². The standard InChI is InChI=1S/C19H31NO7.C17H29NO6/c1-5-23-14(21)11-24-13-10-12(20-17(22)27-18(2,3)4)15-16(13)26-19(25-15)8-6-7-9-19;1-16(2,3)24-15(20)18-11-10-12(21-9-8-19)14-13(11)22-17(23-14)6-4-5-7-17/h12-13,15-16H,5-11H2,1-4H3,(H,20,22);11-14,19H,4-10H2,1-3H3,(H,18,20)/t12-,13+,15+,16-;11-,12+,13+,14-/m11/s1. The van der Waals surface area contributed by atoms with Crippen molar-refractivity contribution >= 4 is 18.2 Å². The number of aliphatic hydroxyl groups is 1.